The number of carbonyl (C=O) groups excluding carboxylic acids is 2. The van der Waals surface area contributed by atoms with Gasteiger partial charge in [0.25, 0.3) is 0 Å². The Morgan fingerprint density at radius 2 is 2.16 bits per heavy atom. The van der Waals surface area contributed by atoms with Crippen LogP contribution in [0.1, 0.15) is 30.7 Å². The molecule has 0 unspecified atom stereocenters. The molecule has 2 aliphatic rings. The third-order valence-corrected chi connectivity index (χ3v) is 6.32. The van der Waals surface area contributed by atoms with Crippen molar-refractivity contribution in [3.8, 4) is 0 Å². The summed E-state index contributed by atoms with van der Waals surface area (Å²) in [5, 5.41) is 5.23. The lowest BCUT2D eigenvalue weighted by Crippen LogP contribution is -2.44. The molecule has 1 aliphatic carbocycles. The number of aromatic nitrogens is 1. The van der Waals surface area contributed by atoms with E-state index in [-0.39, 0.29) is 29.7 Å². The molecule has 3 atom stereocenters. The fourth-order valence-corrected chi connectivity index (χ4v) is 4.69. The van der Waals surface area contributed by atoms with E-state index in [1.165, 1.54) is 16.9 Å². The predicted octanol–water partition coefficient (Wildman–Crippen LogP) is 3.64. The maximum Gasteiger partial charge on any atom is 0.248 e. The molecule has 1 saturated heterocycles. The quantitative estimate of drug-likeness (QED) is 0.822. The first-order valence-electron chi connectivity index (χ1n) is 8.40. The van der Waals surface area contributed by atoms with Crippen LogP contribution in [0.25, 0.3) is 0 Å². The Morgan fingerprint density at radius 1 is 1.32 bits per heavy atom. The van der Waals surface area contributed by atoms with Gasteiger partial charge in [0.2, 0.25) is 11.8 Å². The SMILES string of the molecule is O=C(Nc1nccs1)[C@@H]1CCCN1C(=O)[C@H]1C[C@@H]1c1ccccc1Br. The second-order valence-electron chi connectivity index (χ2n) is 6.49. The van der Waals surface area contributed by atoms with Crippen molar-refractivity contribution in [3.05, 3.63) is 45.9 Å². The molecule has 2 aromatic rings. The second-order valence-corrected chi connectivity index (χ2v) is 8.24. The van der Waals surface area contributed by atoms with Crippen LogP contribution in [0, 0.1) is 5.92 Å². The maximum atomic E-state index is 12.9. The number of hydrogen-bond donors (Lipinski definition) is 1. The van der Waals surface area contributed by atoms with Gasteiger partial charge in [0.15, 0.2) is 5.13 Å². The molecule has 2 fully saturated rings. The van der Waals surface area contributed by atoms with E-state index >= 15 is 0 Å². The van der Waals surface area contributed by atoms with E-state index in [9.17, 15) is 9.59 Å². The van der Waals surface area contributed by atoms with Crippen molar-refractivity contribution >= 4 is 44.2 Å². The van der Waals surface area contributed by atoms with Crippen molar-refractivity contribution in [2.75, 3.05) is 11.9 Å². The monoisotopic (exact) mass is 419 g/mol. The van der Waals surface area contributed by atoms with Gasteiger partial charge >= 0.3 is 0 Å². The summed E-state index contributed by atoms with van der Waals surface area (Å²) in [6.45, 7) is 0.661. The number of halogens is 1. The standard InChI is InChI=1S/C18H18BrN3O2S/c19-14-5-2-1-4-11(14)12-10-13(12)17(24)22-8-3-6-15(22)16(23)21-18-20-7-9-25-18/h1-2,4-5,7,9,12-13,15H,3,6,8,10H2,(H,20,21,23)/t12-,13+,15+/m1/s1. The van der Waals surface area contributed by atoms with E-state index in [1.807, 2.05) is 23.6 Å². The molecular formula is C18H18BrN3O2S. The van der Waals surface area contributed by atoms with Gasteiger partial charge in [-0.2, -0.15) is 0 Å². The first kappa shape index (κ1) is 16.7. The number of anilines is 1. The van der Waals surface area contributed by atoms with Gasteiger partial charge in [0.1, 0.15) is 6.04 Å². The maximum absolute atomic E-state index is 12.9. The molecule has 1 saturated carbocycles. The van der Waals surface area contributed by atoms with Gasteiger partial charge in [-0.05, 0) is 36.8 Å². The van der Waals surface area contributed by atoms with E-state index < -0.39 is 0 Å². The molecule has 0 spiro atoms. The summed E-state index contributed by atoms with van der Waals surface area (Å²) in [5.41, 5.74) is 1.18. The van der Waals surface area contributed by atoms with Gasteiger partial charge in [-0.25, -0.2) is 4.98 Å². The minimum Gasteiger partial charge on any atom is -0.330 e. The smallest absolute Gasteiger partial charge is 0.248 e. The van der Waals surface area contributed by atoms with Crippen molar-refractivity contribution < 1.29 is 9.59 Å². The van der Waals surface area contributed by atoms with Crippen molar-refractivity contribution in [3.63, 3.8) is 0 Å². The van der Waals surface area contributed by atoms with Gasteiger partial charge in [-0.15, -0.1) is 11.3 Å². The molecule has 0 radical (unpaired) electrons. The second kappa shape index (κ2) is 6.88. The van der Waals surface area contributed by atoms with Gasteiger partial charge in [-0.3, -0.25) is 9.59 Å². The Bertz CT molecular complexity index is 795. The predicted molar refractivity (Wildman–Crippen MR) is 100 cm³/mol. The number of carbonyl (C=O) groups is 2. The number of amides is 2. The Kier molecular flexibility index (Phi) is 4.60. The number of likely N-dealkylation sites (tertiary alicyclic amines) is 1. The minimum atomic E-state index is -0.378. The molecule has 0 bridgehead atoms. The van der Waals surface area contributed by atoms with E-state index in [1.54, 1.807) is 11.1 Å². The lowest BCUT2D eigenvalue weighted by molar-refractivity contribution is -0.137. The number of nitrogens with one attached hydrogen (secondary N) is 1. The van der Waals surface area contributed by atoms with Gasteiger partial charge in [0.05, 0.1) is 0 Å². The van der Waals surface area contributed by atoms with Crippen LogP contribution in [-0.2, 0) is 9.59 Å². The molecule has 1 aromatic carbocycles. The summed E-state index contributed by atoms with van der Waals surface area (Å²) in [6, 6.07) is 7.68. The molecule has 5 nitrogen and oxygen atoms in total. The van der Waals surface area contributed by atoms with Crippen molar-refractivity contribution in [1.82, 2.24) is 9.88 Å². The molecule has 130 valence electrons. The average Bonchev–Trinajstić information content (AvgIpc) is 2.99. The van der Waals surface area contributed by atoms with Crippen LogP contribution >= 0.6 is 27.3 Å². The van der Waals surface area contributed by atoms with Crippen LogP contribution in [0.4, 0.5) is 5.13 Å². The third-order valence-electron chi connectivity index (χ3n) is 4.91. The van der Waals surface area contributed by atoms with Gasteiger partial charge in [0, 0.05) is 28.5 Å². The van der Waals surface area contributed by atoms with Crippen LogP contribution in [-0.4, -0.2) is 34.3 Å². The van der Waals surface area contributed by atoms with Gasteiger partial charge < -0.3 is 10.2 Å². The van der Waals surface area contributed by atoms with E-state index in [0.29, 0.717) is 11.7 Å². The van der Waals surface area contributed by atoms with Gasteiger partial charge in [-0.1, -0.05) is 34.1 Å². The lowest BCUT2D eigenvalue weighted by atomic mass is 10.1. The fraction of sp³-hybridized carbons (Fsp3) is 0.389. The minimum absolute atomic E-state index is 0.00744. The van der Waals surface area contributed by atoms with Crippen molar-refractivity contribution in [2.45, 2.75) is 31.2 Å². The highest BCUT2D eigenvalue weighted by Crippen LogP contribution is 2.51. The molecule has 4 rings (SSSR count). The van der Waals surface area contributed by atoms with Crippen LogP contribution < -0.4 is 5.32 Å². The summed E-state index contributed by atoms with van der Waals surface area (Å²) in [7, 11) is 0. The number of rotatable bonds is 4. The number of benzene rings is 1. The number of nitrogens with zero attached hydrogens (tertiary/aromatic N) is 2. The highest BCUT2D eigenvalue weighted by molar-refractivity contribution is 9.10. The van der Waals surface area contributed by atoms with Crippen molar-refractivity contribution in [2.24, 2.45) is 5.92 Å². The zero-order chi connectivity index (χ0) is 17.4. The molecule has 1 aliphatic heterocycles. The first-order valence-corrected chi connectivity index (χ1v) is 10.1. The highest BCUT2D eigenvalue weighted by atomic mass is 79.9. The van der Waals surface area contributed by atoms with E-state index in [4.69, 9.17) is 0 Å². The van der Waals surface area contributed by atoms with E-state index in [0.717, 1.165) is 23.7 Å². The fourth-order valence-electron chi connectivity index (χ4n) is 3.58. The molecule has 2 heterocycles. The largest absolute Gasteiger partial charge is 0.330 e. The lowest BCUT2D eigenvalue weighted by Gasteiger charge is -2.24. The normalized spacial score (nSPS) is 25.0. The van der Waals surface area contributed by atoms with Crippen molar-refractivity contribution in [1.29, 1.82) is 0 Å². The number of hydrogen-bond acceptors (Lipinski definition) is 4. The Morgan fingerprint density at radius 3 is 2.92 bits per heavy atom. The highest BCUT2D eigenvalue weighted by Gasteiger charge is 2.49. The zero-order valence-corrected chi connectivity index (χ0v) is 15.9. The number of thiazole rings is 1. The summed E-state index contributed by atoms with van der Waals surface area (Å²) in [6.07, 6.45) is 4.10. The Labute approximate surface area is 158 Å². The Hall–Kier alpha value is -1.73. The summed E-state index contributed by atoms with van der Waals surface area (Å²) >= 11 is 4.96. The molecular weight excluding hydrogens is 402 g/mol. The van der Waals surface area contributed by atoms with Crippen LogP contribution in [0.2, 0.25) is 0 Å². The topological polar surface area (TPSA) is 62.3 Å². The van der Waals surface area contributed by atoms with Crippen LogP contribution in [0.15, 0.2) is 40.3 Å². The molecule has 7 heteroatoms. The third kappa shape index (κ3) is 3.35. The van der Waals surface area contributed by atoms with Crippen LogP contribution in [0.5, 0.6) is 0 Å². The average molecular weight is 420 g/mol. The molecule has 1 aromatic heterocycles. The van der Waals surface area contributed by atoms with Crippen LogP contribution in [0.3, 0.4) is 0 Å². The molecule has 2 amide bonds. The first-order chi connectivity index (χ1) is 12.1. The molecule has 25 heavy (non-hydrogen) atoms. The molecule has 1 N–H and O–H groups in total. The summed E-state index contributed by atoms with van der Waals surface area (Å²) in [5.74, 6) is 0.231. The summed E-state index contributed by atoms with van der Waals surface area (Å²) in [4.78, 5) is 31.3. The summed E-state index contributed by atoms with van der Waals surface area (Å²) < 4.78 is 1.05. The van der Waals surface area contributed by atoms with E-state index in [2.05, 4.69) is 32.3 Å². The zero-order valence-electron chi connectivity index (χ0n) is 13.5. The Balaban J connectivity index is 1.43.